The van der Waals surface area contributed by atoms with Gasteiger partial charge in [0.15, 0.2) is 5.82 Å². The SMILES string of the molecule is CC(NC(=O)c1cc(N)c(F)cc1[N+](=O)[O-])C(N)=O. The summed E-state index contributed by atoms with van der Waals surface area (Å²) in [6.07, 6.45) is 0. The van der Waals surface area contributed by atoms with Gasteiger partial charge in [-0.15, -0.1) is 0 Å². The van der Waals surface area contributed by atoms with Crippen LogP contribution in [0.25, 0.3) is 0 Å². The number of nitrogens with one attached hydrogen (secondary N) is 1. The number of nitrogens with two attached hydrogens (primary N) is 2. The van der Waals surface area contributed by atoms with Gasteiger partial charge in [-0.2, -0.15) is 0 Å². The summed E-state index contributed by atoms with van der Waals surface area (Å²) in [5.74, 6) is -2.76. The van der Waals surface area contributed by atoms with Crippen LogP contribution in [0.4, 0.5) is 15.8 Å². The molecule has 0 saturated carbocycles. The van der Waals surface area contributed by atoms with Crippen LogP contribution in [0.5, 0.6) is 0 Å². The van der Waals surface area contributed by atoms with E-state index in [1.807, 2.05) is 0 Å². The Hall–Kier alpha value is -2.71. The largest absolute Gasteiger partial charge is 0.396 e. The lowest BCUT2D eigenvalue weighted by Crippen LogP contribution is -2.42. The van der Waals surface area contributed by atoms with Gasteiger partial charge in [0, 0.05) is 0 Å². The number of halogens is 1. The zero-order chi connectivity index (χ0) is 14.7. The van der Waals surface area contributed by atoms with Gasteiger partial charge < -0.3 is 16.8 Å². The summed E-state index contributed by atoms with van der Waals surface area (Å²) in [6, 6.07) is 0.341. The van der Waals surface area contributed by atoms with Gasteiger partial charge in [0.2, 0.25) is 5.91 Å². The number of anilines is 1. The molecule has 0 aliphatic rings. The van der Waals surface area contributed by atoms with Gasteiger partial charge in [0.1, 0.15) is 11.6 Å². The minimum Gasteiger partial charge on any atom is -0.396 e. The number of hydrogen-bond acceptors (Lipinski definition) is 5. The van der Waals surface area contributed by atoms with Crippen molar-refractivity contribution in [3.05, 3.63) is 33.6 Å². The van der Waals surface area contributed by atoms with Crippen LogP contribution >= 0.6 is 0 Å². The van der Waals surface area contributed by atoms with Gasteiger partial charge in [-0.3, -0.25) is 19.7 Å². The summed E-state index contributed by atoms with van der Waals surface area (Å²) in [6.45, 7) is 1.30. The maximum atomic E-state index is 13.1. The van der Waals surface area contributed by atoms with Crippen LogP contribution in [0.3, 0.4) is 0 Å². The number of hydrogen-bond donors (Lipinski definition) is 3. The fraction of sp³-hybridized carbons (Fsp3) is 0.200. The number of benzene rings is 1. The van der Waals surface area contributed by atoms with Crippen LogP contribution in [0.1, 0.15) is 17.3 Å². The molecule has 0 heterocycles. The first-order valence-electron chi connectivity index (χ1n) is 5.07. The minimum atomic E-state index is -1.03. The van der Waals surface area contributed by atoms with Crippen LogP contribution in [-0.2, 0) is 4.79 Å². The van der Waals surface area contributed by atoms with E-state index in [2.05, 4.69) is 5.32 Å². The monoisotopic (exact) mass is 270 g/mol. The highest BCUT2D eigenvalue weighted by atomic mass is 19.1. The molecule has 9 heteroatoms. The minimum absolute atomic E-state index is 0.414. The first-order valence-corrected chi connectivity index (χ1v) is 5.07. The third kappa shape index (κ3) is 3.15. The molecule has 0 saturated heterocycles. The van der Waals surface area contributed by atoms with E-state index in [4.69, 9.17) is 11.5 Å². The van der Waals surface area contributed by atoms with E-state index in [1.165, 1.54) is 6.92 Å². The van der Waals surface area contributed by atoms with Crippen molar-refractivity contribution in [1.82, 2.24) is 5.32 Å². The second kappa shape index (κ2) is 5.29. The van der Waals surface area contributed by atoms with Crippen LogP contribution in [0, 0.1) is 15.9 Å². The predicted octanol–water partition coefficient (Wildman–Crippen LogP) is -0.0803. The molecule has 19 heavy (non-hydrogen) atoms. The topological polar surface area (TPSA) is 141 Å². The van der Waals surface area contributed by atoms with E-state index in [0.29, 0.717) is 6.07 Å². The summed E-state index contributed by atoms with van der Waals surface area (Å²) < 4.78 is 13.1. The van der Waals surface area contributed by atoms with E-state index < -0.39 is 45.5 Å². The van der Waals surface area contributed by atoms with E-state index in [-0.39, 0.29) is 0 Å². The Bertz CT molecular complexity index is 561. The third-order valence-corrected chi connectivity index (χ3v) is 2.33. The van der Waals surface area contributed by atoms with Crippen LogP contribution in [0.2, 0.25) is 0 Å². The number of carbonyl (C=O) groups is 2. The van der Waals surface area contributed by atoms with E-state index in [1.54, 1.807) is 0 Å². The summed E-state index contributed by atoms with van der Waals surface area (Å²) in [4.78, 5) is 32.4. The Labute approximate surface area is 106 Å². The fourth-order valence-corrected chi connectivity index (χ4v) is 1.26. The number of nitro benzene ring substituents is 1. The highest BCUT2D eigenvalue weighted by molar-refractivity contribution is 6.01. The van der Waals surface area contributed by atoms with E-state index in [9.17, 15) is 24.1 Å². The number of primary amides is 1. The van der Waals surface area contributed by atoms with Crippen molar-refractivity contribution >= 4 is 23.2 Å². The molecule has 0 aliphatic carbocycles. The summed E-state index contributed by atoms with van der Waals surface area (Å²) >= 11 is 0. The molecule has 1 rings (SSSR count). The van der Waals surface area contributed by atoms with Crippen LogP contribution < -0.4 is 16.8 Å². The molecule has 0 aliphatic heterocycles. The van der Waals surface area contributed by atoms with Crippen molar-refractivity contribution in [3.8, 4) is 0 Å². The summed E-state index contributed by atoms with van der Waals surface area (Å²) in [7, 11) is 0. The number of nitrogens with zero attached hydrogens (tertiary/aromatic N) is 1. The molecule has 8 nitrogen and oxygen atoms in total. The van der Waals surface area contributed by atoms with Crippen molar-refractivity contribution < 1.29 is 18.9 Å². The number of nitro groups is 1. The molecule has 0 radical (unpaired) electrons. The van der Waals surface area contributed by atoms with Gasteiger partial charge in [0.25, 0.3) is 11.6 Å². The van der Waals surface area contributed by atoms with Gasteiger partial charge in [-0.1, -0.05) is 0 Å². The molecule has 0 spiro atoms. The Morgan fingerprint density at radius 2 is 2.05 bits per heavy atom. The van der Waals surface area contributed by atoms with Gasteiger partial charge in [-0.25, -0.2) is 4.39 Å². The Kier molecular flexibility index (Phi) is 4.00. The number of carbonyl (C=O) groups excluding carboxylic acids is 2. The number of nitrogen functional groups attached to an aromatic ring is 1. The third-order valence-electron chi connectivity index (χ3n) is 2.33. The van der Waals surface area contributed by atoms with Crippen LogP contribution in [-0.4, -0.2) is 22.8 Å². The molecule has 5 N–H and O–H groups in total. The maximum absolute atomic E-state index is 13.1. The summed E-state index contributed by atoms with van der Waals surface area (Å²) in [5.41, 5.74) is 8.58. The second-order valence-electron chi connectivity index (χ2n) is 3.75. The molecular formula is C10H11FN4O4. The lowest BCUT2D eigenvalue weighted by Gasteiger charge is -2.10. The number of amides is 2. The molecule has 102 valence electrons. The Morgan fingerprint density at radius 3 is 2.53 bits per heavy atom. The maximum Gasteiger partial charge on any atom is 0.285 e. The zero-order valence-corrected chi connectivity index (χ0v) is 9.84. The van der Waals surface area contributed by atoms with E-state index >= 15 is 0 Å². The first-order chi connectivity index (χ1) is 8.73. The van der Waals surface area contributed by atoms with Crippen molar-refractivity contribution in [3.63, 3.8) is 0 Å². The molecular weight excluding hydrogens is 259 g/mol. The van der Waals surface area contributed by atoms with E-state index in [0.717, 1.165) is 6.07 Å². The average Bonchev–Trinajstić information content (AvgIpc) is 2.31. The molecule has 0 fully saturated rings. The second-order valence-corrected chi connectivity index (χ2v) is 3.75. The molecule has 2 amide bonds. The molecule has 1 aromatic carbocycles. The zero-order valence-electron chi connectivity index (χ0n) is 9.84. The smallest absolute Gasteiger partial charge is 0.285 e. The predicted molar refractivity (Wildman–Crippen MR) is 63.6 cm³/mol. The lowest BCUT2D eigenvalue weighted by molar-refractivity contribution is -0.385. The highest BCUT2D eigenvalue weighted by Gasteiger charge is 2.24. The normalized spacial score (nSPS) is 11.7. The van der Waals surface area contributed by atoms with Crippen molar-refractivity contribution in [2.45, 2.75) is 13.0 Å². The highest BCUT2D eigenvalue weighted by Crippen LogP contribution is 2.24. The number of rotatable bonds is 4. The Balaban J connectivity index is 3.18. The van der Waals surface area contributed by atoms with Crippen LogP contribution in [0.15, 0.2) is 12.1 Å². The molecule has 1 atom stereocenters. The fourth-order valence-electron chi connectivity index (χ4n) is 1.26. The van der Waals surface area contributed by atoms with Crippen molar-refractivity contribution in [1.29, 1.82) is 0 Å². The molecule has 0 bridgehead atoms. The lowest BCUT2D eigenvalue weighted by atomic mass is 10.1. The standard InChI is InChI=1S/C10H11FN4O4/c1-4(9(13)16)14-10(17)5-2-7(12)6(11)3-8(5)15(18)19/h2-4H,12H2,1H3,(H2,13,16)(H,14,17). The van der Waals surface area contributed by atoms with Crippen molar-refractivity contribution in [2.75, 3.05) is 5.73 Å². The Morgan fingerprint density at radius 1 is 1.47 bits per heavy atom. The van der Waals surface area contributed by atoms with Gasteiger partial charge >= 0.3 is 0 Å². The molecule has 0 aromatic heterocycles. The quantitative estimate of drug-likeness (QED) is 0.398. The van der Waals surface area contributed by atoms with Gasteiger partial charge in [-0.05, 0) is 13.0 Å². The first kappa shape index (κ1) is 14.4. The summed E-state index contributed by atoms with van der Waals surface area (Å²) in [5, 5.41) is 12.9. The molecule has 1 unspecified atom stereocenters. The van der Waals surface area contributed by atoms with Gasteiger partial charge in [0.05, 0.1) is 16.7 Å². The average molecular weight is 270 g/mol. The van der Waals surface area contributed by atoms with Crippen molar-refractivity contribution in [2.24, 2.45) is 5.73 Å². The molecule has 1 aromatic rings.